The summed E-state index contributed by atoms with van der Waals surface area (Å²) in [4.78, 5) is 20.8. The number of hydrogen-bond donors (Lipinski definition) is 2. The number of carbonyl (C=O) groups is 1. The molecule has 3 N–H and O–H groups in total. The lowest BCUT2D eigenvalue weighted by atomic mass is 9.65. The highest BCUT2D eigenvalue weighted by molar-refractivity contribution is 5.92. The second-order valence-corrected chi connectivity index (χ2v) is 7.39. The van der Waals surface area contributed by atoms with E-state index < -0.39 is 0 Å². The lowest BCUT2D eigenvalue weighted by molar-refractivity contribution is -0.122. The lowest BCUT2D eigenvalue weighted by Gasteiger charge is -2.43. The Balaban J connectivity index is 1.41. The van der Waals surface area contributed by atoms with E-state index in [-0.39, 0.29) is 11.8 Å². The van der Waals surface area contributed by atoms with Crippen LogP contribution in [0.2, 0.25) is 0 Å². The average molecular weight is 336 g/mol. The van der Waals surface area contributed by atoms with Crippen molar-refractivity contribution in [1.29, 1.82) is 0 Å². The molecule has 1 aromatic heterocycles. The van der Waals surface area contributed by atoms with E-state index >= 15 is 0 Å². The molecule has 2 saturated carbocycles. The second-order valence-electron chi connectivity index (χ2n) is 7.39. The zero-order chi connectivity index (χ0) is 17.2. The number of aromatic nitrogens is 2. The molecule has 1 heterocycles. The van der Waals surface area contributed by atoms with Crippen LogP contribution in [0, 0.1) is 17.8 Å². The zero-order valence-corrected chi connectivity index (χ0v) is 14.3. The third-order valence-corrected chi connectivity index (χ3v) is 5.83. The fourth-order valence-corrected chi connectivity index (χ4v) is 4.44. The molecule has 2 atom stereocenters. The molecule has 4 rings (SSSR count). The summed E-state index contributed by atoms with van der Waals surface area (Å²) in [6.07, 6.45) is 10.6. The molecule has 2 unspecified atom stereocenters. The Labute approximate surface area is 148 Å². The molecule has 1 amide bonds. The van der Waals surface area contributed by atoms with Crippen molar-refractivity contribution < 1.29 is 4.79 Å². The summed E-state index contributed by atoms with van der Waals surface area (Å²) in [6, 6.07) is 8.15. The predicted molar refractivity (Wildman–Crippen MR) is 97.6 cm³/mol. The minimum atomic E-state index is 0.0947. The molecule has 5 heteroatoms. The lowest BCUT2D eigenvalue weighted by Crippen LogP contribution is -2.48. The van der Waals surface area contributed by atoms with E-state index in [9.17, 15) is 4.79 Å². The molecular weight excluding hydrogens is 312 g/mol. The van der Waals surface area contributed by atoms with Crippen LogP contribution in [0.5, 0.6) is 0 Å². The third kappa shape index (κ3) is 3.42. The fourth-order valence-electron chi connectivity index (χ4n) is 4.44. The highest BCUT2D eigenvalue weighted by Crippen LogP contribution is 2.42. The molecule has 5 nitrogen and oxygen atoms in total. The molecule has 0 saturated heterocycles. The van der Waals surface area contributed by atoms with Gasteiger partial charge in [0.25, 0.3) is 0 Å². The quantitative estimate of drug-likeness (QED) is 0.901. The Hall–Kier alpha value is -2.27. The Morgan fingerprint density at radius 3 is 2.28 bits per heavy atom. The SMILES string of the molecule is NC1C2CCCC1CC(C(=O)Nc1ccc(-c3cncnc3)cc1)C2. The van der Waals surface area contributed by atoms with Gasteiger partial charge in [-0.3, -0.25) is 4.79 Å². The number of nitrogens with zero attached hydrogens (tertiary/aromatic N) is 2. The number of fused-ring (bicyclic) bond motifs is 2. The molecule has 0 radical (unpaired) electrons. The van der Waals surface area contributed by atoms with E-state index in [4.69, 9.17) is 5.73 Å². The largest absolute Gasteiger partial charge is 0.327 e. The Morgan fingerprint density at radius 2 is 1.64 bits per heavy atom. The van der Waals surface area contributed by atoms with Gasteiger partial charge in [-0.15, -0.1) is 0 Å². The van der Waals surface area contributed by atoms with Gasteiger partial charge >= 0.3 is 0 Å². The van der Waals surface area contributed by atoms with Crippen molar-refractivity contribution >= 4 is 11.6 Å². The van der Waals surface area contributed by atoms with Gasteiger partial charge < -0.3 is 11.1 Å². The number of amides is 1. The van der Waals surface area contributed by atoms with E-state index in [0.29, 0.717) is 17.9 Å². The van der Waals surface area contributed by atoms with Gasteiger partial charge in [-0.2, -0.15) is 0 Å². The summed E-state index contributed by atoms with van der Waals surface area (Å²) in [6.45, 7) is 0. The van der Waals surface area contributed by atoms with E-state index in [2.05, 4.69) is 15.3 Å². The number of nitrogens with two attached hydrogens (primary N) is 1. The van der Waals surface area contributed by atoms with Gasteiger partial charge in [-0.1, -0.05) is 18.6 Å². The van der Waals surface area contributed by atoms with Crippen LogP contribution in [0.3, 0.4) is 0 Å². The molecule has 0 aliphatic heterocycles. The first-order valence-electron chi connectivity index (χ1n) is 9.12. The van der Waals surface area contributed by atoms with Crippen molar-refractivity contribution in [1.82, 2.24) is 9.97 Å². The van der Waals surface area contributed by atoms with Crippen LogP contribution in [-0.4, -0.2) is 21.9 Å². The minimum absolute atomic E-state index is 0.0947. The summed E-state index contributed by atoms with van der Waals surface area (Å²) >= 11 is 0. The molecule has 1 aromatic carbocycles. The van der Waals surface area contributed by atoms with Crippen molar-refractivity contribution in [2.45, 2.75) is 38.1 Å². The van der Waals surface area contributed by atoms with E-state index in [0.717, 1.165) is 29.7 Å². The van der Waals surface area contributed by atoms with Crippen LogP contribution < -0.4 is 11.1 Å². The minimum Gasteiger partial charge on any atom is -0.327 e. The highest BCUT2D eigenvalue weighted by Gasteiger charge is 2.40. The van der Waals surface area contributed by atoms with Gasteiger partial charge in [0.05, 0.1) is 0 Å². The predicted octanol–water partition coefficient (Wildman–Crippen LogP) is 3.24. The fraction of sp³-hybridized carbons (Fsp3) is 0.450. The van der Waals surface area contributed by atoms with Gasteiger partial charge in [-0.05, 0) is 55.2 Å². The molecule has 2 aromatic rings. The maximum atomic E-state index is 12.7. The van der Waals surface area contributed by atoms with E-state index in [1.54, 1.807) is 12.4 Å². The van der Waals surface area contributed by atoms with Crippen molar-refractivity contribution in [2.75, 3.05) is 5.32 Å². The first kappa shape index (κ1) is 16.2. The first-order chi connectivity index (χ1) is 12.2. The van der Waals surface area contributed by atoms with Gasteiger partial charge in [0.2, 0.25) is 5.91 Å². The van der Waals surface area contributed by atoms with Crippen molar-refractivity contribution in [3.8, 4) is 11.1 Å². The molecule has 0 spiro atoms. The average Bonchev–Trinajstić information content (AvgIpc) is 2.63. The normalized spacial score (nSPS) is 28.4. The van der Waals surface area contributed by atoms with Crippen molar-refractivity contribution in [3.05, 3.63) is 43.0 Å². The number of hydrogen-bond acceptors (Lipinski definition) is 4. The molecule has 2 aliphatic carbocycles. The van der Waals surface area contributed by atoms with Gasteiger partial charge in [0.1, 0.15) is 6.33 Å². The number of rotatable bonds is 3. The van der Waals surface area contributed by atoms with E-state index in [1.807, 2.05) is 24.3 Å². The van der Waals surface area contributed by atoms with Gasteiger partial charge in [0.15, 0.2) is 0 Å². The first-order valence-corrected chi connectivity index (χ1v) is 9.12. The van der Waals surface area contributed by atoms with Gasteiger partial charge in [0, 0.05) is 35.6 Å². The van der Waals surface area contributed by atoms with Crippen LogP contribution in [0.4, 0.5) is 5.69 Å². The summed E-state index contributed by atoms with van der Waals surface area (Å²) in [5, 5.41) is 3.08. The van der Waals surface area contributed by atoms with E-state index in [1.165, 1.54) is 25.6 Å². The Kier molecular flexibility index (Phi) is 4.49. The summed E-state index contributed by atoms with van der Waals surface area (Å²) < 4.78 is 0. The number of benzene rings is 1. The van der Waals surface area contributed by atoms with Crippen LogP contribution in [0.1, 0.15) is 32.1 Å². The molecule has 2 bridgehead atoms. The van der Waals surface area contributed by atoms with Crippen molar-refractivity contribution in [3.63, 3.8) is 0 Å². The van der Waals surface area contributed by atoms with Crippen LogP contribution >= 0.6 is 0 Å². The molecule has 130 valence electrons. The van der Waals surface area contributed by atoms with Crippen molar-refractivity contribution in [2.24, 2.45) is 23.5 Å². The second kappa shape index (κ2) is 6.92. The smallest absolute Gasteiger partial charge is 0.227 e. The molecular formula is C20H24N4O. The highest BCUT2D eigenvalue weighted by atomic mass is 16.1. The van der Waals surface area contributed by atoms with Gasteiger partial charge in [-0.25, -0.2) is 9.97 Å². The molecule has 25 heavy (non-hydrogen) atoms. The Morgan fingerprint density at radius 1 is 1.00 bits per heavy atom. The molecule has 2 fully saturated rings. The third-order valence-electron chi connectivity index (χ3n) is 5.83. The summed E-state index contributed by atoms with van der Waals surface area (Å²) in [7, 11) is 0. The Bertz CT molecular complexity index is 717. The standard InChI is InChI=1S/C20H24N4O/c21-19-14-2-1-3-15(19)9-16(8-14)20(25)24-18-6-4-13(5-7-18)17-10-22-12-23-11-17/h4-7,10-12,14-16,19H,1-3,8-9,21H2,(H,24,25). The number of nitrogens with one attached hydrogen (secondary N) is 1. The zero-order valence-electron chi connectivity index (χ0n) is 14.3. The van der Waals surface area contributed by atoms with Crippen LogP contribution in [-0.2, 0) is 4.79 Å². The maximum Gasteiger partial charge on any atom is 0.227 e. The topological polar surface area (TPSA) is 80.9 Å². The number of carbonyl (C=O) groups excluding carboxylic acids is 1. The summed E-state index contributed by atoms with van der Waals surface area (Å²) in [5.41, 5.74) is 9.17. The van der Waals surface area contributed by atoms with Crippen LogP contribution in [0.25, 0.3) is 11.1 Å². The van der Waals surface area contributed by atoms with Crippen LogP contribution in [0.15, 0.2) is 43.0 Å². The maximum absolute atomic E-state index is 12.7. The number of anilines is 1. The summed E-state index contributed by atoms with van der Waals surface area (Å²) in [5.74, 6) is 1.27. The monoisotopic (exact) mass is 336 g/mol. The molecule has 2 aliphatic rings.